The maximum atomic E-state index is 5.45. The van der Waals surface area contributed by atoms with Crippen LogP contribution in [0.5, 0.6) is 0 Å². The van der Waals surface area contributed by atoms with Crippen LogP contribution in [0.2, 0.25) is 0 Å². The third-order valence-corrected chi connectivity index (χ3v) is 11.3. The lowest BCUT2D eigenvalue weighted by molar-refractivity contribution is 1.02. The molecule has 0 aliphatic rings. The number of para-hydroxylation sites is 3. The Morgan fingerprint density at radius 2 is 0.980 bits per heavy atom. The monoisotopic (exact) mass is 668 g/mol. The Labute approximate surface area is 297 Å². The maximum Gasteiger partial charge on any atom is 0.235 e. The number of benzene rings is 7. The zero-order chi connectivity index (χ0) is 33.5. The van der Waals surface area contributed by atoms with E-state index in [0.29, 0.717) is 5.95 Å². The van der Waals surface area contributed by atoms with Gasteiger partial charge in [-0.25, -0.2) is 9.97 Å². The van der Waals surface area contributed by atoms with E-state index in [1.54, 1.807) is 11.3 Å². The van der Waals surface area contributed by atoms with Gasteiger partial charge in [-0.1, -0.05) is 121 Å². The molecule has 51 heavy (non-hydrogen) atoms. The van der Waals surface area contributed by atoms with Gasteiger partial charge < -0.3 is 4.57 Å². The third kappa shape index (κ3) is 4.25. The van der Waals surface area contributed by atoms with E-state index in [4.69, 9.17) is 9.97 Å². The molecule has 0 saturated heterocycles. The summed E-state index contributed by atoms with van der Waals surface area (Å²) >= 11 is 1.76. The summed E-state index contributed by atoms with van der Waals surface area (Å²) in [5.41, 5.74) is 11.0. The van der Waals surface area contributed by atoms with Crippen LogP contribution in [-0.4, -0.2) is 19.1 Å². The lowest BCUT2D eigenvalue weighted by Crippen LogP contribution is -2.03. The van der Waals surface area contributed by atoms with Crippen molar-refractivity contribution in [3.05, 3.63) is 170 Å². The number of rotatable bonds is 4. The normalized spacial score (nSPS) is 11.9. The molecule has 0 radical (unpaired) electrons. The Bertz CT molecular complexity index is 3090. The molecule has 238 valence electrons. The van der Waals surface area contributed by atoms with Gasteiger partial charge in [-0.05, 0) is 59.7 Å². The molecule has 4 heterocycles. The Balaban J connectivity index is 1.17. The summed E-state index contributed by atoms with van der Waals surface area (Å²) in [4.78, 5) is 10.8. The van der Waals surface area contributed by atoms with Gasteiger partial charge in [0.05, 0.1) is 38.0 Å². The minimum absolute atomic E-state index is 0.675. The van der Waals surface area contributed by atoms with Crippen LogP contribution in [0.3, 0.4) is 0 Å². The fourth-order valence-corrected chi connectivity index (χ4v) is 9.02. The molecule has 0 aliphatic heterocycles. The first kappa shape index (κ1) is 28.3. The molecule has 11 aromatic rings. The molecule has 0 amide bonds. The van der Waals surface area contributed by atoms with Crippen molar-refractivity contribution in [1.82, 2.24) is 19.1 Å². The molecule has 0 bridgehead atoms. The third-order valence-electron chi connectivity index (χ3n) is 10.1. The van der Waals surface area contributed by atoms with E-state index in [1.807, 2.05) is 0 Å². The second-order valence-corrected chi connectivity index (χ2v) is 14.1. The van der Waals surface area contributed by atoms with E-state index in [0.717, 1.165) is 43.6 Å². The number of thiophene rings is 1. The van der Waals surface area contributed by atoms with Crippen LogP contribution in [-0.2, 0) is 0 Å². The number of hydrogen-bond donors (Lipinski definition) is 0. The van der Waals surface area contributed by atoms with Gasteiger partial charge in [-0.3, -0.25) is 4.57 Å². The van der Waals surface area contributed by atoms with E-state index in [2.05, 4.69) is 179 Å². The quantitative estimate of drug-likeness (QED) is 0.187. The summed E-state index contributed by atoms with van der Waals surface area (Å²) in [7, 11) is 0. The molecule has 7 aromatic carbocycles. The van der Waals surface area contributed by atoms with Crippen LogP contribution < -0.4 is 0 Å². The topological polar surface area (TPSA) is 35.6 Å². The van der Waals surface area contributed by atoms with Crippen LogP contribution in [0.15, 0.2) is 170 Å². The van der Waals surface area contributed by atoms with Crippen LogP contribution in [0.4, 0.5) is 0 Å². The summed E-state index contributed by atoms with van der Waals surface area (Å²) in [6.45, 7) is 0. The number of fused-ring (bicyclic) bond motifs is 9. The Morgan fingerprint density at radius 1 is 0.392 bits per heavy atom. The molecule has 5 heteroatoms. The number of hydrogen-bond acceptors (Lipinski definition) is 3. The zero-order valence-corrected chi connectivity index (χ0v) is 28.2. The van der Waals surface area contributed by atoms with Crippen molar-refractivity contribution in [2.75, 3.05) is 0 Å². The average molecular weight is 669 g/mol. The second-order valence-electron chi connectivity index (χ2n) is 13.0. The molecule has 0 fully saturated rings. The van der Waals surface area contributed by atoms with Crippen molar-refractivity contribution in [1.29, 1.82) is 0 Å². The molecule has 0 saturated carbocycles. The lowest BCUT2D eigenvalue weighted by atomic mass is 10.0. The van der Waals surface area contributed by atoms with Crippen molar-refractivity contribution in [3.8, 4) is 34.0 Å². The largest absolute Gasteiger partial charge is 0.309 e. The van der Waals surface area contributed by atoms with Gasteiger partial charge in [0.25, 0.3) is 0 Å². The molecular weight excluding hydrogens is 641 g/mol. The molecule has 11 rings (SSSR count). The highest BCUT2D eigenvalue weighted by Crippen LogP contribution is 2.41. The van der Waals surface area contributed by atoms with Crippen LogP contribution in [0.25, 0.3) is 97.9 Å². The minimum Gasteiger partial charge on any atom is -0.309 e. The van der Waals surface area contributed by atoms with Gasteiger partial charge in [0.2, 0.25) is 5.95 Å². The predicted octanol–water partition coefficient (Wildman–Crippen LogP) is 12.4. The van der Waals surface area contributed by atoms with Crippen LogP contribution >= 0.6 is 11.3 Å². The van der Waals surface area contributed by atoms with E-state index in [-0.39, 0.29) is 0 Å². The summed E-state index contributed by atoms with van der Waals surface area (Å²) in [6, 6.07) is 60.7. The Morgan fingerprint density at radius 3 is 1.73 bits per heavy atom. The SMILES string of the molecule is c1ccc(-c2ccc3c(c2)c2ccccc2n3-c2cccc(-c3nc(-n4c5ccccc5c5ccccc54)nc4c3sc3ccccc34)c2)cc1. The number of aromatic nitrogens is 4. The summed E-state index contributed by atoms with van der Waals surface area (Å²) in [6.07, 6.45) is 0. The summed E-state index contributed by atoms with van der Waals surface area (Å²) in [5.74, 6) is 0.675. The Kier molecular flexibility index (Phi) is 6.09. The fourth-order valence-electron chi connectivity index (χ4n) is 7.87. The van der Waals surface area contributed by atoms with Crippen molar-refractivity contribution >= 4 is 75.3 Å². The molecule has 0 atom stereocenters. The van der Waals surface area contributed by atoms with Gasteiger partial charge in [-0.2, -0.15) is 0 Å². The first-order valence-electron chi connectivity index (χ1n) is 17.2. The molecule has 0 spiro atoms. The zero-order valence-electron chi connectivity index (χ0n) is 27.4. The van der Waals surface area contributed by atoms with E-state index in [1.165, 1.54) is 48.4 Å². The molecule has 0 aliphatic carbocycles. The van der Waals surface area contributed by atoms with E-state index >= 15 is 0 Å². The smallest absolute Gasteiger partial charge is 0.235 e. The van der Waals surface area contributed by atoms with Gasteiger partial charge >= 0.3 is 0 Å². The van der Waals surface area contributed by atoms with E-state index in [9.17, 15) is 0 Å². The van der Waals surface area contributed by atoms with Gasteiger partial charge in [0, 0.05) is 42.9 Å². The van der Waals surface area contributed by atoms with Gasteiger partial charge in [-0.15, -0.1) is 11.3 Å². The fraction of sp³-hybridized carbons (Fsp3) is 0. The van der Waals surface area contributed by atoms with Gasteiger partial charge in [0.15, 0.2) is 0 Å². The minimum atomic E-state index is 0.675. The molecular formula is C46H28N4S. The van der Waals surface area contributed by atoms with Crippen molar-refractivity contribution in [2.45, 2.75) is 0 Å². The van der Waals surface area contributed by atoms with Crippen molar-refractivity contribution < 1.29 is 0 Å². The standard InChI is InChI=1S/C46H28N4S/c1-2-13-29(14-3-1)30-25-26-41-37(28-30)35-19-6-8-21-38(35)49(41)32-16-12-15-31(27-32)43-45-44(36-20-7-11-24-42(36)51-45)48-46(47-43)50-39-22-9-4-17-33(39)34-18-5-10-23-40(34)50/h1-28H. The van der Waals surface area contributed by atoms with Crippen LogP contribution in [0.1, 0.15) is 0 Å². The molecule has 4 aromatic heterocycles. The van der Waals surface area contributed by atoms with Crippen molar-refractivity contribution in [2.24, 2.45) is 0 Å². The number of nitrogens with zero attached hydrogens (tertiary/aromatic N) is 4. The first-order valence-corrected chi connectivity index (χ1v) is 18.0. The maximum absolute atomic E-state index is 5.45. The summed E-state index contributed by atoms with van der Waals surface area (Å²) in [5, 5.41) is 6.00. The highest BCUT2D eigenvalue weighted by atomic mass is 32.1. The van der Waals surface area contributed by atoms with Gasteiger partial charge in [0.1, 0.15) is 0 Å². The average Bonchev–Trinajstić information content (AvgIpc) is 3.85. The molecule has 0 N–H and O–H groups in total. The Hall–Kier alpha value is -6.56. The highest BCUT2D eigenvalue weighted by Gasteiger charge is 2.21. The lowest BCUT2D eigenvalue weighted by Gasteiger charge is -2.12. The van der Waals surface area contributed by atoms with Crippen molar-refractivity contribution in [3.63, 3.8) is 0 Å². The predicted molar refractivity (Wildman–Crippen MR) is 214 cm³/mol. The van der Waals surface area contributed by atoms with E-state index < -0.39 is 0 Å². The second kappa shape index (κ2) is 11.0. The first-order chi connectivity index (χ1) is 25.3. The highest BCUT2D eigenvalue weighted by molar-refractivity contribution is 7.26. The summed E-state index contributed by atoms with van der Waals surface area (Å²) < 4.78 is 6.91. The molecule has 4 nitrogen and oxygen atoms in total. The van der Waals surface area contributed by atoms with Crippen LogP contribution in [0, 0.1) is 0 Å². The molecule has 0 unspecified atom stereocenters.